The summed E-state index contributed by atoms with van der Waals surface area (Å²) in [5, 5.41) is 12.2. The minimum Gasteiger partial charge on any atom is -0.479 e. The maximum absolute atomic E-state index is 12.4. The first-order chi connectivity index (χ1) is 16.9. The molecule has 1 aliphatic carbocycles. The van der Waals surface area contributed by atoms with Gasteiger partial charge in [-0.15, -0.1) is 0 Å². The second kappa shape index (κ2) is 10.9. The minimum atomic E-state index is -1.32. The van der Waals surface area contributed by atoms with Crippen molar-refractivity contribution in [1.82, 2.24) is 10.2 Å². The zero-order valence-corrected chi connectivity index (χ0v) is 19.7. The summed E-state index contributed by atoms with van der Waals surface area (Å²) in [6.45, 7) is 1.07. The van der Waals surface area contributed by atoms with Crippen LogP contribution in [0.15, 0.2) is 48.5 Å². The minimum absolute atomic E-state index is 0.00762. The molecule has 0 bridgehead atoms. The van der Waals surface area contributed by atoms with Crippen LogP contribution >= 0.6 is 0 Å². The Balaban J connectivity index is 1.15. The lowest BCUT2D eigenvalue weighted by Crippen LogP contribution is -2.56. The third-order valence-electron chi connectivity index (χ3n) is 6.73. The fraction of sp³-hybridized carbons (Fsp3) is 0.423. The molecule has 1 atom stereocenters. The van der Waals surface area contributed by atoms with Gasteiger partial charge in [0.2, 0.25) is 5.91 Å². The Morgan fingerprint density at radius 3 is 2.34 bits per heavy atom. The molecule has 1 fully saturated rings. The third kappa shape index (κ3) is 5.16. The summed E-state index contributed by atoms with van der Waals surface area (Å²) in [4.78, 5) is 37.5. The zero-order chi connectivity index (χ0) is 24.8. The second-order valence-electron chi connectivity index (χ2n) is 8.71. The monoisotopic (exact) mass is 482 g/mol. The quantitative estimate of drug-likeness (QED) is 0.501. The summed E-state index contributed by atoms with van der Waals surface area (Å²) in [6, 6.07) is 16.3. The fourth-order valence-corrected chi connectivity index (χ4v) is 4.67. The number of nitrogens with one attached hydrogen (secondary N) is 1. The first kappa shape index (κ1) is 24.7. The van der Waals surface area contributed by atoms with E-state index < -0.39 is 17.6 Å². The van der Waals surface area contributed by atoms with Gasteiger partial charge < -0.3 is 29.5 Å². The van der Waals surface area contributed by atoms with Crippen LogP contribution in [-0.4, -0.2) is 80.1 Å². The fourth-order valence-electron chi connectivity index (χ4n) is 4.67. The average Bonchev–Trinajstić information content (AvgIpc) is 3.49. The van der Waals surface area contributed by atoms with Crippen molar-refractivity contribution in [3.63, 3.8) is 0 Å². The lowest BCUT2D eigenvalue weighted by Gasteiger charge is -2.33. The Morgan fingerprint density at radius 1 is 1.09 bits per heavy atom. The number of carbonyl (C=O) groups is 3. The predicted molar refractivity (Wildman–Crippen MR) is 127 cm³/mol. The number of carboxylic acids is 1. The molecule has 1 unspecified atom stereocenters. The summed E-state index contributed by atoms with van der Waals surface area (Å²) in [5.74, 6) is -1.41. The molecule has 2 N–H and O–H groups in total. The number of hydrogen-bond acceptors (Lipinski definition) is 6. The van der Waals surface area contributed by atoms with Crippen LogP contribution in [0.5, 0.6) is 0 Å². The predicted octanol–water partition coefficient (Wildman–Crippen LogP) is 2.63. The SMILES string of the molecule is CN(C(=O)CCOCCNC(=O)OCC1c2ccccc2-c2ccccc21)C1(C(=O)O)CCOC1. The lowest BCUT2D eigenvalue weighted by molar-refractivity contribution is -0.158. The van der Waals surface area contributed by atoms with Crippen molar-refractivity contribution in [2.24, 2.45) is 0 Å². The van der Waals surface area contributed by atoms with Gasteiger partial charge in [0.1, 0.15) is 6.61 Å². The van der Waals surface area contributed by atoms with Gasteiger partial charge in [0.15, 0.2) is 5.54 Å². The summed E-state index contributed by atoms with van der Waals surface area (Å²) >= 11 is 0. The standard InChI is InChI=1S/C26H30N2O7/c1-28(26(24(30)31)11-14-34-17-26)23(29)10-13-33-15-12-27-25(32)35-16-22-20-8-4-2-6-18(20)19-7-3-5-9-21(19)22/h2-9,22H,10-17H2,1H3,(H,27,32)(H,30,31). The van der Waals surface area contributed by atoms with Crippen LogP contribution in [-0.2, 0) is 23.8 Å². The van der Waals surface area contributed by atoms with E-state index in [1.54, 1.807) is 0 Å². The maximum atomic E-state index is 12.4. The normalized spacial score (nSPS) is 18.5. The van der Waals surface area contributed by atoms with Crippen molar-refractivity contribution in [2.45, 2.75) is 24.3 Å². The van der Waals surface area contributed by atoms with Gasteiger partial charge in [-0.05, 0) is 22.3 Å². The molecule has 0 aromatic heterocycles. The number of ether oxygens (including phenoxy) is 3. The van der Waals surface area contributed by atoms with Crippen molar-refractivity contribution in [2.75, 3.05) is 46.6 Å². The highest BCUT2D eigenvalue weighted by atomic mass is 16.5. The van der Waals surface area contributed by atoms with E-state index in [9.17, 15) is 19.5 Å². The number of carbonyl (C=O) groups excluding carboxylic acids is 2. The van der Waals surface area contributed by atoms with Gasteiger partial charge in [-0.25, -0.2) is 9.59 Å². The van der Waals surface area contributed by atoms with E-state index in [0.29, 0.717) is 6.61 Å². The van der Waals surface area contributed by atoms with Crippen molar-refractivity contribution >= 4 is 18.0 Å². The lowest BCUT2D eigenvalue weighted by atomic mass is 9.96. The topological polar surface area (TPSA) is 114 Å². The molecule has 2 aliphatic rings. The van der Waals surface area contributed by atoms with Gasteiger partial charge in [-0.3, -0.25) is 4.79 Å². The molecule has 4 rings (SSSR count). The molecule has 1 aliphatic heterocycles. The molecule has 2 aromatic rings. The van der Waals surface area contributed by atoms with Crippen molar-refractivity contribution in [3.05, 3.63) is 59.7 Å². The number of fused-ring (bicyclic) bond motifs is 3. The van der Waals surface area contributed by atoms with Crippen molar-refractivity contribution in [1.29, 1.82) is 0 Å². The van der Waals surface area contributed by atoms with Crippen LogP contribution < -0.4 is 5.32 Å². The Morgan fingerprint density at radius 2 is 1.74 bits per heavy atom. The van der Waals surface area contributed by atoms with Gasteiger partial charge in [0.25, 0.3) is 0 Å². The Labute approximate surface area is 204 Å². The Hall–Kier alpha value is -3.43. The molecule has 1 saturated heterocycles. The molecule has 9 heteroatoms. The largest absolute Gasteiger partial charge is 0.479 e. The molecule has 2 aromatic carbocycles. The number of rotatable bonds is 10. The Bertz CT molecular complexity index is 1040. The summed E-state index contributed by atoms with van der Waals surface area (Å²) < 4.78 is 16.1. The number of hydrogen-bond donors (Lipinski definition) is 2. The van der Waals surface area contributed by atoms with Gasteiger partial charge in [-0.2, -0.15) is 0 Å². The van der Waals surface area contributed by atoms with E-state index in [1.165, 1.54) is 23.1 Å². The van der Waals surface area contributed by atoms with E-state index in [0.717, 1.165) is 11.1 Å². The highest BCUT2D eigenvalue weighted by molar-refractivity contribution is 5.87. The van der Waals surface area contributed by atoms with E-state index in [2.05, 4.69) is 29.6 Å². The maximum Gasteiger partial charge on any atom is 0.407 e. The van der Waals surface area contributed by atoms with E-state index in [4.69, 9.17) is 14.2 Å². The Kier molecular flexibility index (Phi) is 7.67. The summed E-state index contributed by atoms with van der Waals surface area (Å²) in [5.41, 5.74) is 3.31. The molecule has 9 nitrogen and oxygen atoms in total. The highest BCUT2D eigenvalue weighted by Gasteiger charge is 2.48. The molecule has 186 valence electrons. The number of amides is 2. The van der Waals surface area contributed by atoms with Crippen LogP contribution in [0.2, 0.25) is 0 Å². The van der Waals surface area contributed by atoms with Crippen molar-refractivity contribution in [3.8, 4) is 11.1 Å². The number of aliphatic carboxylic acids is 1. The van der Waals surface area contributed by atoms with Crippen LogP contribution in [0.1, 0.15) is 29.9 Å². The zero-order valence-electron chi connectivity index (χ0n) is 19.7. The molecular weight excluding hydrogens is 452 g/mol. The molecule has 0 saturated carbocycles. The summed E-state index contributed by atoms with van der Waals surface area (Å²) in [7, 11) is 1.48. The van der Waals surface area contributed by atoms with Gasteiger partial charge in [-0.1, -0.05) is 48.5 Å². The number of alkyl carbamates (subject to hydrolysis) is 1. The van der Waals surface area contributed by atoms with Gasteiger partial charge in [0, 0.05) is 32.5 Å². The summed E-state index contributed by atoms with van der Waals surface area (Å²) in [6.07, 6.45) is -0.234. The molecule has 2 amide bonds. The smallest absolute Gasteiger partial charge is 0.407 e. The number of benzene rings is 2. The number of likely N-dealkylation sites (N-methyl/N-ethyl adjacent to an activating group) is 1. The van der Waals surface area contributed by atoms with Crippen LogP contribution in [0.25, 0.3) is 11.1 Å². The van der Waals surface area contributed by atoms with E-state index in [-0.39, 0.29) is 57.6 Å². The van der Waals surface area contributed by atoms with Gasteiger partial charge >= 0.3 is 12.1 Å². The molecule has 0 radical (unpaired) electrons. The van der Waals surface area contributed by atoms with Crippen LogP contribution in [0.4, 0.5) is 4.79 Å². The van der Waals surface area contributed by atoms with Crippen LogP contribution in [0, 0.1) is 0 Å². The molecule has 1 heterocycles. The van der Waals surface area contributed by atoms with E-state index >= 15 is 0 Å². The van der Waals surface area contributed by atoms with Crippen molar-refractivity contribution < 1.29 is 33.7 Å². The first-order valence-corrected chi connectivity index (χ1v) is 11.7. The third-order valence-corrected chi connectivity index (χ3v) is 6.73. The molecule has 35 heavy (non-hydrogen) atoms. The average molecular weight is 483 g/mol. The molecule has 0 spiro atoms. The molecular formula is C26H30N2O7. The number of carboxylic acid groups (broad SMARTS) is 1. The highest BCUT2D eigenvalue weighted by Crippen LogP contribution is 2.44. The van der Waals surface area contributed by atoms with Crippen LogP contribution in [0.3, 0.4) is 0 Å². The second-order valence-corrected chi connectivity index (χ2v) is 8.71. The first-order valence-electron chi connectivity index (χ1n) is 11.7. The van der Waals surface area contributed by atoms with Gasteiger partial charge in [0.05, 0.1) is 26.2 Å². The van der Waals surface area contributed by atoms with E-state index in [1.807, 2.05) is 24.3 Å². The number of nitrogens with zero attached hydrogens (tertiary/aromatic N) is 1.